The first-order valence-electron chi connectivity index (χ1n) is 9.63. The third kappa shape index (κ3) is 3.60. The van der Waals surface area contributed by atoms with Crippen LogP contribution in [0, 0.1) is 0 Å². The van der Waals surface area contributed by atoms with Crippen molar-refractivity contribution in [3.05, 3.63) is 23.8 Å². The Morgan fingerprint density at radius 3 is 2.19 bits per heavy atom. The van der Waals surface area contributed by atoms with Crippen LogP contribution in [-0.2, 0) is 10.2 Å². The van der Waals surface area contributed by atoms with Crippen molar-refractivity contribution in [1.29, 1.82) is 0 Å². The van der Waals surface area contributed by atoms with Crippen LogP contribution in [0.5, 0.6) is 0 Å². The SMILES string of the molecule is CC(=O)N1CCN(C(=O)c2cnc(C(C)(C)C)nc2)CC12CCCCC2. The summed E-state index contributed by atoms with van der Waals surface area (Å²) in [6.45, 7) is 9.61. The standard InChI is InChI=1S/C20H30N4O2/c1-15(25)24-11-10-23(14-20(24)8-6-5-7-9-20)17(26)16-12-21-18(22-13-16)19(2,3)4/h12-13H,5-11,14H2,1-4H3. The Kier molecular flexibility index (Phi) is 5.04. The van der Waals surface area contributed by atoms with E-state index in [2.05, 4.69) is 30.7 Å². The summed E-state index contributed by atoms with van der Waals surface area (Å²) in [4.78, 5) is 37.8. The first-order valence-corrected chi connectivity index (χ1v) is 9.63. The van der Waals surface area contributed by atoms with Gasteiger partial charge in [0.1, 0.15) is 5.82 Å². The number of rotatable bonds is 1. The summed E-state index contributed by atoms with van der Waals surface area (Å²) < 4.78 is 0. The van der Waals surface area contributed by atoms with E-state index in [1.165, 1.54) is 6.42 Å². The molecule has 0 atom stereocenters. The zero-order chi connectivity index (χ0) is 18.9. The molecule has 1 spiro atoms. The van der Waals surface area contributed by atoms with Crippen LogP contribution < -0.4 is 0 Å². The predicted octanol–water partition coefficient (Wildman–Crippen LogP) is 2.78. The lowest BCUT2D eigenvalue weighted by molar-refractivity contribution is -0.141. The second-order valence-electron chi connectivity index (χ2n) is 8.73. The molecule has 1 aromatic heterocycles. The molecule has 0 bridgehead atoms. The molecule has 2 heterocycles. The molecule has 142 valence electrons. The van der Waals surface area contributed by atoms with Crippen LogP contribution in [0.1, 0.15) is 76.0 Å². The number of carbonyl (C=O) groups is 2. The van der Waals surface area contributed by atoms with Crippen molar-refractivity contribution < 1.29 is 9.59 Å². The monoisotopic (exact) mass is 358 g/mol. The zero-order valence-electron chi connectivity index (χ0n) is 16.4. The normalized spacial score (nSPS) is 20.3. The lowest BCUT2D eigenvalue weighted by Crippen LogP contribution is -2.65. The summed E-state index contributed by atoms with van der Waals surface area (Å²) in [5.74, 6) is 0.828. The van der Waals surface area contributed by atoms with Gasteiger partial charge in [-0.1, -0.05) is 40.0 Å². The molecular weight excluding hydrogens is 328 g/mol. The summed E-state index contributed by atoms with van der Waals surface area (Å²) in [6.07, 6.45) is 8.70. The molecule has 3 rings (SSSR count). The molecule has 1 aliphatic carbocycles. The molecule has 1 saturated heterocycles. The highest BCUT2D eigenvalue weighted by Gasteiger charge is 2.44. The average Bonchev–Trinajstić information content (AvgIpc) is 2.60. The molecule has 0 unspecified atom stereocenters. The third-order valence-corrected chi connectivity index (χ3v) is 5.67. The van der Waals surface area contributed by atoms with E-state index in [9.17, 15) is 9.59 Å². The Labute approximate surface area is 156 Å². The molecule has 2 aliphatic rings. The van der Waals surface area contributed by atoms with Crippen molar-refractivity contribution in [3.8, 4) is 0 Å². The Morgan fingerprint density at radius 2 is 1.65 bits per heavy atom. The molecule has 2 fully saturated rings. The fourth-order valence-electron chi connectivity index (χ4n) is 4.29. The van der Waals surface area contributed by atoms with Crippen LogP contribution in [0.3, 0.4) is 0 Å². The Bertz CT molecular complexity index is 672. The van der Waals surface area contributed by atoms with Gasteiger partial charge in [-0.25, -0.2) is 9.97 Å². The maximum Gasteiger partial charge on any atom is 0.257 e. The number of nitrogens with zero attached hydrogens (tertiary/aromatic N) is 4. The lowest BCUT2D eigenvalue weighted by atomic mass is 9.78. The molecule has 6 heteroatoms. The maximum absolute atomic E-state index is 13.0. The third-order valence-electron chi connectivity index (χ3n) is 5.67. The van der Waals surface area contributed by atoms with E-state index in [1.54, 1.807) is 19.3 Å². The minimum absolute atomic E-state index is 0.0291. The van der Waals surface area contributed by atoms with Crippen molar-refractivity contribution in [3.63, 3.8) is 0 Å². The van der Waals surface area contributed by atoms with Crippen LogP contribution in [0.15, 0.2) is 12.4 Å². The molecule has 1 aromatic rings. The molecule has 1 aliphatic heterocycles. The first kappa shape index (κ1) is 18.8. The molecule has 1 saturated carbocycles. The van der Waals surface area contributed by atoms with E-state index in [-0.39, 0.29) is 22.8 Å². The van der Waals surface area contributed by atoms with Gasteiger partial charge in [0, 0.05) is 44.4 Å². The summed E-state index contributed by atoms with van der Waals surface area (Å²) in [5.41, 5.74) is 0.200. The van der Waals surface area contributed by atoms with E-state index in [4.69, 9.17) is 0 Å². The topological polar surface area (TPSA) is 66.4 Å². The first-order chi connectivity index (χ1) is 12.2. The predicted molar refractivity (Wildman–Crippen MR) is 99.8 cm³/mol. The van der Waals surface area contributed by atoms with Gasteiger partial charge in [-0.2, -0.15) is 0 Å². The number of piperazine rings is 1. The molecule has 0 aromatic carbocycles. The number of hydrogen-bond donors (Lipinski definition) is 0. The van der Waals surface area contributed by atoms with E-state index in [0.717, 1.165) is 31.5 Å². The lowest BCUT2D eigenvalue weighted by Gasteiger charge is -2.52. The minimum atomic E-state index is -0.190. The maximum atomic E-state index is 13.0. The van der Waals surface area contributed by atoms with Crippen LogP contribution in [0.25, 0.3) is 0 Å². The molecular formula is C20H30N4O2. The van der Waals surface area contributed by atoms with Gasteiger partial charge in [-0.05, 0) is 12.8 Å². The van der Waals surface area contributed by atoms with Crippen LogP contribution in [0.4, 0.5) is 0 Å². The fourth-order valence-corrected chi connectivity index (χ4v) is 4.29. The Balaban J connectivity index is 1.79. The summed E-state index contributed by atoms with van der Waals surface area (Å²) in [5, 5.41) is 0. The average molecular weight is 358 g/mol. The number of hydrogen-bond acceptors (Lipinski definition) is 4. The highest BCUT2D eigenvalue weighted by molar-refractivity contribution is 5.94. The number of aromatic nitrogens is 2. The molecule has 2 amide bonds. The molecule has 0 radical (unpaired) electrons. The van der Waals surface area contributed by atoms with Crippen LogP contribution in [-0.4, -0.2) is 56.8 Å². The fraction of sp³-hybridized carbons (Fsp3) is 0.700. The summed E-state index contributed by atoms with van der Waals surface area (Å²) >= 11 is 0. The van der Waals surface area contributed by atoms with Gasteiger partial charge in [0.15, 0.2) is 0 Å². The van der Waals surface area contributed by atoms with Gasteiger partial charge < -0.3 is 9.80 Å². The van der Waals surface area contributed by atoms with Gasteiger partial charge in [0.25, 0.3) is 5.91 Å². The van der Waals surface area contributed by atoms with Crippen molar-refractivity contribution >= 4 is 11.8 Å². The van der Waals surface area contributed by atoms with Crippen molar-refractivity contribution in [2.24, 2.45) is 0 Å². The Hall–Kier alpha value is -1.98. The summed E-state index contributed by atoms with van der Waals surface area (Å²) in [6, 6.07) is 0. The number of amides is 2. The molecule has 0 N–H and O–H groups in total. The van der Waals surface area contributed by atoms with Crippen molar-refractivity contribution in [2.45, 2.75) is 70.8 Å². The highest BCUT2D eigenvalue weighted by atomic mass is 16.2. The molecule has 26 heavy (non-hydrogen) atoms. The van der Waals surface area contributed by atoms with Crippen molar-refractivity contribution in [2.75, 3.05) is 19.6 Å². The number of carbonyl (C=O) groups excluding carboxylic acids is 2. The van der Waals surface area contributed by atoms with Gasteiger partial charge >= 0.3 is 0 Å². The van der Waals surface area contributed by atoms with Crippen LogP contribution in [0.2, 0.25) is 0 Å². The van der Waals surface area contributed by atoms with E-state index in [1.807, 2.05) is 9.80 Å². The van der Waals surface area contributed by atoms with Gasteiger partial charge in [0.05, 0.1) is 11.1 Å². The van der Waals surface area contributed by atoms with Crippen molar-refractivity contribution in [1.82, 2.24) is 19.8 Å². The zero-order valence-corrected chi connectivity index (χ0v) is 16.4. The summed E-state index contributed by atoms with van der Waals surface area (Å²) in [7, 11) is 0. The quantitative estimate of drug-likeness (QED) is 0.774. The minimum Gasteiger partial charge on any atom is -0.334 e. The van der Waals surface area contributed by atoms with Gasteiger partial charge in [0.2, 0.25) is 5.91 Å². The Morgan fingerprint density at radius 1 is 1.04 bits per heavy atom. The van der Waals surface area contributed by atoms with Crippen LogP contribution >= 0.6 is 0 Å². The highest BCUT2D eigenvalue weighted by Crippen LogP contribution is 2.37. The van der Waals surface area contributed by atoms with E-state index < -0.39 is 0 Å². The van der Waals surface area contributed by atoms with Gasteiger partial charge in [-0.15, -0.1) is 0 Å². The largest absolute Gasteiger partial charge is 0.334 e. The van der Waals surface area contributed by atoms with E-state index >= 15 is 0 Å². The molecule has 6 nitrogen and oxygen atoms in total. The smallest absolute Gasteiger partial charge is 0.257 e. The second-order valence-corrected chi connectivity index (χ2v) is 8.73. The van der Waals surface area contributed by atoms with Gasteiger partial charge in [-0.3, -0.25) is 9.59 Å². The van der Waals surface area contributed by atoms with E-state index in [0.29, 0.717) is 25.2 Å². The second kappa shape index (κ2) is 6.97.